The predicted octanol–water partition coefficient (Wildman–Crippen LogP) is 9.73. The van der Waals surface area contributed by atoms with Gasteiger partial charge in [-0.2, -0.15) is 16.8 Å². The van der Waals surface area contributed by atoms with Gasteiger partial charge in [0.1, 0.15) is 9.49 Å². The summed E-state index contributed by atoms with van der Waals surface area (Å²) in [5.41, 5.74) is 10.0. The van der Waals surface area contributed by atoms with Crippen molar-refractivity contribution in [2.45, 2.75) is 100 Å². The maximum absolute atomic E-state index is 15.0. The molecule has 0 radical (unpaired) electrons. The maximum Gasteiger partial charge on any atom is 0.304 e. The predicted molar refractivity (Wildman–Crippen MR) is 197 cm³/mol. The minimum absolute atomic E-state index is 0.259. The number of hydrogen-bond donors (Lipinski definition) is 0. The van der Waals surface area contributed by atoms with Crippen LogP contribution < -0.4 is 0 Å². The van der Waals surface area contributed by atoms with Gasteiger partial charge in [-0.15, -0.1) is 0 Å². The Hall–Kier alpha value is -3.30. The van der Waals surface area contributed by atoms with E-state index in [1.807, 2.05) is 62.4 Å². The molecule has 4 aromatic carbocycles. The Bertz CT molecular complexity index is 2020. The highest BCUT2D eigenvalue weighted by Crippen LogP contribution is 2.56. The Morgan fingerprint density at radius 3 is 1.36 bits per heavy atom. The van der Waals surface area contributed by atoms with Gasteiger partial charge in [-0.05, 0) is 106 Å². The molecular formula is C42H46O6S2. The fourth-order valence-corrected chi connectivity index (χ4v) is 14.4. The van der Waals surface area contributed by atoms with Crippen molar-refractivity contribution in [1.29, 1.82) is 0 Å². The summed E-state index contributed by atoms with van der Waals surface area (Å²) in [6, 6.07) is 28.2. The van der Waals surface area contributed by atoms with Gasteiger partial charge in [-0.3, -0.25) is 0 Å². The minimum atomic E-state index is -4.63. The summed E-state index contributed by atoms with van der Waals surface area (Å²) in [5.74, 6) is -0.517. The average molecular weight is 711 g/mol. The molecule has 0 heterocycles. The first-order chi connectivity index (χ1) is 24.2. The third kappa shape index (κ3) is 4.92. The summed E-state index contributed by atoms with van der Waals surface area (Å²) in [6.45, 7) is 4.04. The molecule has 0 saturated heterocycles. The van der Waals surface area contributed by atoms with Crippen LogP contribution in [0.1, 0.15) is 111 Å². The lowest BCUT2D eigenvalue weighted by Gasteiger charge is -2.45. The zero-order valence-electron chi connectivity index (χ0n) is 29.0. The number of benzene rings is 4. The second-order valence-electron chi connectivity index (χ2n) is 14.9. The van der Waals surface area contributed by atoms with Crippen LogP contribution in [0.3, 0.4) is 0 Å². The number of hydrogen-bond acceptors (Lipinski definition) is 6. The lowest BCUT2D eigenvalue weighted by Crippen LogP contribution is -2.49. The van der Waals surface area contributed by atoms with Crippen LogP contribution in [0.15, 0.2) is 84.9 Å². The molecule has 2 fully saturated rings. The van der Waals surface area contributed by atoms with E-state index in [9.17, 15) is 16.8 Å². The number of rotatable bonds is 9. The van der Waals surface area contributed by atoms with Crippen molar-refractivity contribution in [2.24, 2.45) is 11.8 Å². The Kier molecular flexibility index (Phi) is 8.61. The highest BCUT2D eigenvalue weighted by molar-refractivity contribution is 7.90. The molecule has 0 aliphatic heterocycles. The topological polar surface area (TPSA) is 86.7 Å². The third-order valence-corrected chi connectivity index (χ3v) is 16.6. The van der Waals surface area contributed by atoms with E-state index < -0.39 is 29.7 Å². The highest BCUT2D eigenvalue weighted by Gasteiger charge is 2.58. The van der Waals surface area contributed by atoms with Gasteiger partial charge in [0.2, 0.25) is 0 Å². The Morgan fingerprint density at radius 1 is 0.540 bits per heavy atom. The van der Waals surface area contributed by atoms with Crippen molar-refractivity contribution in [3.05, 3.63) is 118 Å². The van der Waals surface area contributed by atoms with E-state index in [4.69, 9.17) is 8.67 Å². The van der Waals surface area contributed by atoms with Crippen molar-refractivity contribution in [3.63, 3.8) is 0 Å². The van der Waals surface area contributed by atoms with Crippen LogP contribution >= 0.6 is 0 Å². The molecule has 0 bridgehead atoms. The molecule has 0 aromatic heterocycles. The normalized spacial score (nSPS) is 25.8. The summed E-state index contributed by atoms with van der Waals surface area (Å²) in [7, 11) is -9.26. The van der Waals surface area contributed by atoms with Gasteiger partial charge in [0.05, 0.1) is 0 Å². The zero-order chi connectivity index (χ0) is 34.7. The standard InChI is InChI=1S/C42H46O6S2/c1-3-31-17-9-11-25-41(31,39-23-13-21-35-33-19-7-5-15-29(33)27-37(35)39)49(43,44)47-48-50(45,46)42(26-12-10-18-32(42)4-2)40-24-14-22-36-34-20-8-6-16-30(34)28-38(36)40/h5-8,13-16,19-24,31-32H,3-4,9-12,17-18,25-28H2,1-2H3. The van der Waals surface area contributed by atoms with E-state index in [0.29, 0.717) is 64.2 Å². The summed E-state index contributed by atoms with van der Waals surface area (Å²) in [6.07, 6.45) is 7.79. The molecule has 4 aliphatic rings. The Morgan fingerprint density at radius 2 is 0.940 bits per heavy atom. The molecule has 4 aliphatic carbocycles. The van der Waals surface area contributed by atoms with Crippen LogP contribution in [0.4, 0.5) is 0 Å². The van der Waals surface area contributed by atoms with Crippen molar-refractivity contribution in [1.82, 2.24) is 0 Å². The Labute approximate surface area is 297 Å². The second kappa shape index (κ2) is 12.7. The van der Waals surface area contributed by atoms with Crippen LogP contribution in [0.5, 0.6) is 0 Å². The van der Waals surface area contributed by atoms with E-state index in [0.717, 1.165) is 68.5 Å². The monoisotopic (exact) mass is 710 g/mol. The van der Waals surface area contributed by atoms with Gasteiger partial charge in [0.15, 0.2) is 0 Å². The first kappa shape index (κ1) is 33.8. The van der Waals surface area contributed by atoms with Crippen molar-refractivity contribution in [2.75, 3.05) is 0 Å². The van der Waals surface area contributed by atoms with Crippen molar-refractivity contribution in [3.8, 4) is 22.3 Å². The molecule has 262 valence electrons. The molecule has 4 unspecified atom stereocenters. The molecule has 2 saturated carbocycles. The molecular weight excluding hydrogens is 665 g/mol. The second-order valence-corrected chi connectivity index (χ2v) is 18.4. The zero-order valence-corrected chi connectivity index (χ0v) is 30.6. The van der Waals surface area contributed by atoms with Gasteiger partial charge in [0.25, 0.3) is 0 Å². The number of fused-ring (bicyclic) bond motifs is 6. The molecule has 8 rings (SSSR count). The van der Waals surface area contributed by atoms with Crippen LogP contribution in [0, 0.1) is 11.8 Å². The molecule has 6 nitrogen and oxygen atoms in total. The molecule has 4 atom stereocenters. The van der Waals surface area contributed by atoms with Crippen molar-refractivity contribution < 1.29 is 25.5 Å². The highest BCUT2D eigenvalue weighted by atomic mass is 32.2. The van der Waals surface area contributed by atoms with Gasteiger partial charge in [0, 0.05) is 0 Å². The van der Waals surface area contributed by atoms with E-state index in [-0.39, 0.29) is 11.8 Å². The summed E-state index contributed by atoms with van der Waals surface area (Å²) in [4.78, 5) is 0. The van der Waals surface area contributed by atoms with Crippen LogP contribution in [-0.2, 0) is 51.2 Å². The van der Waals surface area contributed by atoms with Crippen LogP contribution in [0.2, 0.25) is 0 Å². The summed E-state index contributed by atoms with van der Waals surface area (Å²) < 4.78 is 68.3. The maximum atomic E-state index is 15.0. The van der Waals surface area contributed by atoms with Gasteiger partial charge >= 0.3 is 20.2 Å². The van der Waals surface area contributed by atoms with E-state index >= 15 is 0 Å². The molecule has 8 heteroatoms. The summed E-state index contributed by atoms with van der Waals surface area (Å²) in [5, 5.41) is 0. The SMILES string of the molecule is CCC1CCCCC1(c1cccc2c1Cc1ccccc1-2)S(=O)(=O)OOS(=O)(=O)C1(c2cccc3c2Cc2ccccc2-3)CCCCC1CC. The molecule has 50 heavy (non-hydrogen) atoms. The lowest BCUT2D eigenvalue weighted by molar-refractivity contribution is -0.0964. The van der Waals surface area contributed by atoms with E-state index in [1.165, 1.54) is 0 Å². The third-order valence-electron chi connectivity index (χ3n) is 12.7. The lowest BCUT2D eigenvalue weighted by atomic mass is 9.71. The van der Waals surface area contributed by atoms with Gasteiger partial charge < -0.3 is 0 Å². The quantitative estimate of drug-likeness (QED) is 0.110. The van der Waals surface area contributed by atoms with Crippen molar-refractivity contribution >= 4 is 20.2 Å². The Balaban J connectivity index is 1.22. The van der Waals surface area contributed by atoms with E-state index in [1.54, 1.807) is 0 Å². The first-order valence-corrected chi connectivity index (χ1v) is 21.3. The molecule has 0 amide bonds. The van der Waals surface area contributed by atoms with Gasteiger partial charge in [-0.1, -0.05) is 146 Å². The minimum Gasteiger partial charge on any atom is -0.196 e. The largest absolute Gasteiger partial charge is 0.304 e. The van der Waals surface area contributed by atoms with E-state index in [2.05, 4.69) is 36.4 Å². The fraction of sp³-hybridized carbons (Fsp3) is 0.429. The molecule has 4 aromatic rings. The molecule has 0 spiro atoms. The molecule has 0 N–H and O–H groups in total. The fourth-order valence-electron chi connectivity index (χ4n) is 10.4. The van der Waals surface area contributed by atoms with Gasteiger partial charge in [-0.25, -0.2) is 0 Å². The first-order valence-electron chi connectivity index (χ1n) is 18.5. The average Bonchev–Trinajstić information content (AvgIpc) is 3.72. The van der Waals surface area contributed by atoms with Crippen LogP contribution in [0.25, 0.3) is 22.3 Å². The smallest absolute Gasteiger partial charge is 0.196 e. The van der Waals surface area contributed by atoms with Crippen LogP contribution in [-0.4, -0.2) is 16.8 Å². The summed E-state index contributed by atoms with van der Waals surface area (Å²) >= 11 is 0.